The first-order valence-corrected chi connectivity index (χ1v) is 9.57. The molecule has 148 valence electrons. The van der Waals surface area contributed by atoms with Crippen molar-refractivity contribution in [3.8, 4) is 5.75 Å². The molecule has 2 aromatic carbocycles. The van der Waals surface area contributed by atoms with E-state index in [1.54, 1.807) is 7.11 Å². The van der Waals surface area contributed by atoms with Gasteiger partial charge in [-0.3, -0.25) is 4.79 Å². The van der Waals surface area contributed by atoms with Crippen molar-refractivity contribution in [2.75, 3.05) is 26.7 Å². The number of halogens is 1. The van der Waals surface area contributed by atoms with Crippen LogP contribution in [-0.4, -0.2) is 41.8 Å². The fourth-order valence-corrected chi connectivity index (χ4v) is 3.96. The van der Waals surface area contributed by atoms with E-state index in [0.29, 0.717) is 5.92 Å². The van der Waals surface area contributed by atoms with Crippen LogP contribution in [0.3, 0.4) is 0 Å². The van der Waals surface area contributed by atoms with E-state index in [4.69, 9.17) is 4.74 Å². The molecule has 28 heavy (non-hydrogen) atoms. The molecule has 5 nitrogen and oxygen atoms in total. The molecule has 0 atom stereocenters. The third kappa shape index (κ3) is 4.37. The summed E-state index contributed by atoms with van der Waals surface area (Å²) in [6.07, 6.45) is 3.20. The predicted octanol–water partition coefficient (Wildman–Crippen LogP) is 3.78. The molecule has 1 aliphatic rings. The van der Waals surface area contributed by atoms with Crippen LogP contribution in [0.25, 0.3) is 10.8 Å². The highest BCUT2D eigenvalue weighted by Crippen LogP contribution is 2.30. The van der Waals surface area contributed by atoms with Gasteiger partial charge in [-0.25, -0.2) is 5.10 Å². The molecule has 2 heterocycles. The Bertz CT molecular complexity index is 963. The molecule has 0 aliphatic carbocycles. The van der Waals surface area contributed by atoms with Crippen molar-refractivity contribution in [2.24, 2.45) is 0 Å². The third-order valence-electron chi connectivity index (χ3n) is 5.58. The Hall–Kier alpha value is -2.37. The number of aromatic nitrogens is 2. The second kappa shape index (κ2) is 9.22. The number of likely N-dealkylation sites (tertiary alicyclic amines) is 1. The Balaban J connectivity index is 0.00000225. The SMILES string of the molecule is COc1ccc(CCN2CCC(c3n[nH]c(=O)c4ccccc34)CC2)cc1.Cl. The van der Waals surface area contributed by atoms with Gasteiger partial charge in [0.15, 0.2) is 0 Å². The van der Waals surface area contributed by atoms with Crippen LogP contribution in [0.2, 0.25) is 0 Å². The van der Waals surface area contributed by atoms with Crippen LogP contribution in [0.15, 0.2) is 53.3 Å². The zero-order valence-electron chi connectivity index (χ0n) is 16.1. The molecule has 6 heteroatoms. The van der Waals surface area contributed by atoms with Crippen molar-refractivity contribution in [1.29, 1.82) is 0 Å². The van der Waals surface area contributed by atoms with Gasteiger partial charge in [-0.15, -0.1) is 12.4 Å². The molecule has 0 bridgehead atoms. The topological polar surface area (TPSA) is 58.2 Å². The van der Waals surface area contributed by atoms with Gasteiger partial charge in [-0.1, -0.05) is 30.3 Å². The zero-order chi connectivity index (χ0) is 18.6. The molecule has 0 spiro atoms. The van der Waals surface area contributed by atoms with Crippen LogP contribution in [0, 0.1) is 0 Å². The van der Waals surface area contributed by atoms with Gasteiger partial charge < -0.3 is 9.64 Å². The number of nitrogens with one attached hydrogen (secondary N) is 1. The van der Waals surface area contributed by atoms with Gasteiger partial charge in [-0.05, 0) is 56.1 Å². The molecule has 1 fully saturated rings. The fraction of sp³-hybridized carbons (Fsp3) is 0.364. The minimum atomic E-state index is -0.105. The Morgan fingerprint density at radius 3 is 2.43 bits per heavy atom. The highest BCUT2D eigenvalue weighted by atomic mass is 35.5. The van der Waals surface area contributed by atoms with E-state index in [0.717, 1.165) is 61.1 Å². The van der Waals surface area contributed by atoms with Gasteiger partial charge in [-0.2, -0.15) is 5.10 Å². The number of aromatic amines is 1. The molecule has 0 unspecified atom stereocenters. The average Bonchev–Trinajstić information content (AvgIpc) is 2.74. The molecule has 1 saturated heterocycles. The zero-order valence-corrected chi connectivity index (χ0v) is 16.9. The Kier molecular flexibility index (Phi) is 6.70. The number of benzene rings is 2. The summed E-state index contributed by atoms with van der Waals surface area (Å²) in [6, 6.07) is 16.1. The van der Waals surface area contributed by atoms with Gasteiger partial charge in [0.05, 0.1) is 18.2 Å². The van der Waals surface area contributed by atoms with Crippen LogP contribution >= 0.6 is 12.4 Å². The van der Waals surface area contributed by atoms with E-state index in [9.17, 15) is 4.79 Å². The number of nitrogens with zero attached hydrogens (tertiary/aromatic N) is 2. The predicted molar refractivity (Wildman–Crippen MR) is 115 cm³/mol. The minimum absolute atomic E-state index is 0. The number of methoxy groups -OCH3 is 1. The number of hydrogen-bond donors (Lipinski definition) is 1. The van der Waals surface area contributed by atoms with Gasteiger partial charge in [0.2, 0.25) is 0 Å². The first kappa shape index (κ1) is 20.4. The number of hydrogen-bond acceptors (Lipinski definition) is 4. The van der Waals surface area contributed by atoms with Gasteiger partial charge in [0.25, 0.3) is 5.56 Å². The van der Waals surface area contributed by atoms with E-state index in [-0.39, 0.29) is 18.0 Å². The molecule has 4 rings (SSSR count). The van der Waals surface area contributed by atoms with E-state index in [1.807, 2.05) is 36.4 Å². The number of ether oxygens (including phenoxy) is 1. The van der Waals surface area contributed by atoms with Crippen molar-refractivity contribution in [1.82, 2.24) is 15.1 Å². The maximum absolute atomic E-state index is 12.0. The lowest BCUT2D eigenvalue weighted by Crippen LogP contribution is -2.35. The Morgan fingerprint density at radius 2 is 1.75 bits per heavy atom. The molecular formula is C22H26ClN3O2. The van der Waals surface area contributed by atoms with E-state index >= 15 is 0 Å². The summed E-state index contributed by atoms with van der Waals surface area (Å²) in [5.74, 6) is 1.31. The van der Waals surface area contributed by atoms with Gasteiger partial charge in [0.1, 0.15) is 5.75 Å². The molecule has 3 aromatic rings. The smallest absolute Gasteiger partial charge is 0.272 e. The molecule has 0 amide bonds. The van der Waals surface area contributed by atoms with Crippen molar-refractivity contribution >= 4 is 23.2 Å². The van der Waals surface area contributed by atoms with Gasteiger partial charge >= 0.3 is 0 Å². The lowest BCUT2D eigenvalue weighted by atomic mass is 9.90. The summed E-state index contributed by atoms with van der Waals surface area (Å²) in [5, 5.41) is 8.81. The van der Waals surface area contributed by atoms with E-state index in [1.165, 1.54) is 5.56 Å². The normalized spacial score (nSPS) is 15.3. The Labute approximate surface area is 171 Å². The number of H-pyrrole nitrogens is 1. The molecule has 0 saturated carbocycles. The molecule has 1 N–H and O–H groups in total. The summed E-state index contributed by atoms with van der Waals surface area (Å²) in [7, 11) is 1.69. The maximum atomic E-state index is 12.0. The Morgan fingerprint density at radius 1 is 1.07 bits per heavy atom. The van der Waals surface area contributed by atoms with Crippen LogP contribution in [0.1, 0.15) is 30.0 Å². The van der Waals surface area contributed by atoms with E-state index < -0.39 is 0 Å². The average molecular weight is 400 g/mol. The maximum Gasteiger partial charge on any atom is 0.272 e. The molecule has 0 radical (unpaired) electrons. The molecule has 1 aromatic heterocycles. The van der Waals surface area contributed by atoms with Gasteiger partial charge in [0, 0.05) is 17.8 Å². The van der Waals surface area contributed by atoms with Crippen LogP contribution in [-0.2, 0) is 6.42 Å². The fourth-order valence-electron chi connectivity index (χ4n) is 3.96. The summed E-state index contributed by atoms with van der Waals surface area (Å²) in [4.78, 5) is 14.5. The third-order valence-corrected chi connectivity index (χ3v) is 5.58. The summed E-state index contributed by atoms with van der Waals surface area (Å²) in [5.41, 5.74) is 2.28. The second-order valence-electron chi connectivity index (χ2n) is 7.20. The highest BCUT2D eigenvalue weighted by Gasteiger charge is 2.23. The monoisotopic (exact) mass is 399 g/mol. The van der Waals surface area contributed by atoms with Crippen molar-refractivity contribution in [2.45, 2.75) is 25.2 Å². The minimum Gasteiger partial charge on any atom is -0.497 e. The number of rotatable bonds is 5. The largest absolute Gasteiger partial charge is 0.497 e. The van der Waals surface area contributed by atoms with Crippen LogP contribution in [0.5, 0.6) is 5.75 Å². The lowest BCUT2D eigenvalue weighted by Gasteiger charge is -2.31. The highest BCUT2D eigenvalue weighted by molar-refractivity contribution is 5.85. The number of piperidine rings is 1. The van der Waals surface area contributed by atoms with Crippen molar-refractivity contribution < 1.29 is 4.74 Å². The lowest BCUT2D eigenvalue weighted by molar-refractivity contribution is 0.213. The second-order valence-corrected chi connectivity index (χ2v) is 7.20. The van der Waals surface area contributed by atoms with Crippen LogP contribution < -0.4 is 10.3 Å². The van der Waals surface area contributed by atoms with Crippen molar-refractivity contribution in [3.63, 3.8) is 0 Å². The first-order valence-electron chi connectivity index (χ1n) is 9.57. The van der Waals surface area contributed by atoms with E-state index in [2.05, 4.69) is 27.2 Å². The molecular weight excluding hydrogens is 374 g/mol. The number of fused-ring (bicyclic) bond motifs is 1. The van der Waals surface area contributed by atoms with Crippen LogP contribution in [0.4, 0.5) is 0 Å². The quantitative estimate of drug-likeness (QED) is 0.709. The molecule has 1 aliphatic heterocycles. The summed E-state index contributed by atoms with van der Waals surface area (Å²) in [6.45, 7) is 3.20. The summed E-state index contributed by atoms with van der Waals surface area (Å²) >= 11 is 0. The van der Waals surface area contributed by atoms with Crippen molar-refractivity contribution in [3.05, 3.63) is 70.1 Å². The summed E-state index contributed by atoms with van der Waals surface area (Å²) < 4.78 is 5.22. The standard InChI is InChI=1S/C22H25N3O2.ClH/c1-27-18-8-6-16(7-9-18)10-13-25-14-11-17(12-15-25)21-19-4-2-3-5-20(19)22(26)24-23-21;/h2-9,17H,10-15H2,1H3,(H,24,26);1H. The first-order chi connectivity index (χ1) is 13.2.